The second-order valence-corrected chi connectivity index (χ2v) is 1.76. The zero-order valence-corrected chi connectivity index (χ0v) is 10.3. The molecular formula is C4H3NNa2O4. The Kier molecular flexibility index (Phi) is 7.25. The molecular weight excluding hydrogens is 172 g/mol. The van der Waals surface area contributed by atoms with Gasteiger partial charge in [0.1, 0.15) is 0 Å². The van der Waals surface area contributed by atoms with Gasteiger partial charge in [-0.1, -0.05) is 0 Å². The second kappa shape index (κ2) is 5.53. The van der Waals surface area contributed by atoms with Crippen LogP contribution in [0.4, 0.5) is 0 Å². The van der Waals surface area contributed by atoms with Crippen LogP contribution in [0.15, 0.2) is 0 Å². The summed E-state index contributed by atoms with van der Waals surface area (Å²) in [7, 11) is 0. The molecule has 2 unspecified atom stereocenters. The van der Waals surface area contributed by atoms with Gasteiger partial charge in [0.25, 0.3) is 0 Å². The van der Waals surface area contributed by atoms with Crippen molar-refractivity contribution in [3.63, 3.8) is 0 Å². The molecule has 1 N–H and O–H groups in total. The van der Waals surface area contributed by atoms with Crippen molar-refractivity contribution in [3.05, 3.63) is 0 Å². The number of nitrogens with one attached hydrogen (secondary N) is 1. The summed E-state index contributed by atoms with van der Waals surface area (Å²) in [6.45, 7) is 0. The maximum atomic E-state index is 9.81. The van der Waals surface area contributed by atoms with Gasteiger partial charge >= 0.3 is 59.1 Å². The first kappa shape index (κ1) is 14.4. The number of hydrogen-bond acceptors (Lipinski definition) is 5. The quantitative estimate of drug-likeness (QED) is 0.331. The fourth-order valence-electron chi connectivity index (χ4n) is 0.546. The molecule has 0 aliphatic carbocycles. The van der Waals surface area contributed by atoms with E-state index in [2.05, 4.69) is 5.32 Å². The zero-order valence-electron chi connectivity index (χ0n) is 6.29. The summed E-state index contributed by atoms with van der Waals surface area (Å²) >= 11 is 0. The van der Waals surface area contributed by atoms with Crippen LogP contribution in [0.3, 0.4) is 0 Å². The van der Waals surface area contributed by atoms with Crippen LogP contribution < -0.4 is 74.6 Å². The third-order valence-corrected chi connectivity index (χ3v) is 1.09. The van der Waals surface area contributed by atoms with E-state index in [0.29, 0.717) is 0 Å². The molecule has 0 bridgehead atoms. The number of carboxylic acid groups (broad SMARTS) is 2. The van der Waals surface area contributed by atoms with Gasteiger partial charge in [0, 0.05) is 0 Å². The van der Waals surface area contributed by atoms with Gasteiger partial charge in [-0.2, -0.15) is 0 Å². The van der Waals surface area contributed by atoms with Crippen LogP contribution >= 0.6 is 0 Å². The van der Waals surface area contributed by atoms with Gasteiger partial charge in [-0.05, 0) is 0 Å². The molecule has 1 rings (SSSR count). The predicted octanol–water partition coefficient (Wildman–Crippen LogP) is -10.2. The smallest absolute Gasteiger partial charge is 0.548 e. The van der Waals surface area contributed by atoms with E-state index >= 15 is 0 Å². The molecule has 5 nitrogen and oxygen atoms in total. The van der Waals surface area contributed by atoms with Crippen LogP contribution in [0.1, 0.15) is 0 Å². The molecule has 0 spiro atoms. The number of aliphatic carboxylic acids is 2. The minimum atomic E-state index is -1.40. The van der Waals surface area contributed by atoms with E-state index < -0.39 is 24.0 Å². The van der Waals surface area contributed by atoms with Crippen LogP contribution in [0, 0.1) is 0 Å². The molecule has 0 amide bonds. The van der Waals surface area contributed by atoms with Gasteiger partial charge < -0.3 is 19.8 Å². The SMILES string of the molecule is O=C([O-])C1NC1C(=O)[O-].[Na+].[Na+]. The van der Waals surface area contributed by atoms with E-state index in [1.165, 1.54) is 0 Å². The molecule has 0 aromatic rings. The van der Waals surface area contributed by atoms with Crippen LogP contribution in [0.25, 0.3) is 0 Å². The Morgan fingerprint density at radius 3 is 1.36 bits per heavy atom. The monoisotopic (exact) mass is 175 g/mol. The fraction of sp³-hybridized carbons (Fsp3) is 0.500. The number of rotatable bonds is 2. The fourth-order valence-corrected chi connectivity index (χ4v) is 0.546. The summed E-state index contributed by atoms with van der Waals surface area (Å²) in [6.07, 6.45) is 0. The van der Waals surface area contributed by atoms with Crippen molar-refractivity contribution in [3.8, 4) is 0 Å². The van der Waals surface area contributed by atoms with E-state index in [1.54, 1.807) is 0 Å². The van der Waals surface area contributed by atoms with Gasteiger partial charge in [-0.3, -0.25) is 5.32 Å². The average Bonchev–Trinajstić information content (AvgIpc) is 2.39. The van der Waals surface area contributed by atoms with Crippen LogP contribution in [-0.4, -0.2) is 24.0 Å². The molecule has 0 saturated carbocycles. The molecule has 0 aromatic heterocycles. The Morgan fingerprint density at radius 2 is 1.27 bits per heavy atom. The Labute approximate surface area is 107 Å². The molecule has 1 saturated heterocycles. The summed E-state index contributed by atoms with van der Waals surface area (Å²) < 4.78 is 0. The molecule has 1 heterocycles. The van der Waals surface area contributed by atoms with Gasteiger partial charge in [0.05, 0.1) is 24.0 Å². The van der Waals surface area contributed by atoms with E-state index in [0.717, 1.165) is 0 Å². The molecule has 0 radical (unpaired) electrons. The maximum Gasteiger partial charge on any atom is 1.00 e. The molecule has 0 aromatic carbocycles. The van der Waals surface area contributed by atoms with E-state index in [1.807, 2.05) is 0 Å². The van der Waals surface area contributed by atoms with Crippen molar-refractivity contribution in [2.75, 3.05) is 0 Å². The summed E-state index contributed by atoms with van der Waals surface area (Å²) in [6, 6.07) is -2.09. The van der Waals surface area contributed by atoms with Crippen molar-refractivity contribution in [1.29, 1.82) is 0 Å². The first-order valence-electron chi connectivity index (χ1n) is 2.30. The van der Waals surface area contributed by atoms with Crippen molar-refractivity contribution in [2.24, 2.45) is 0 Å². The molecule has 11 heavy (non-hydrogen) atoms. The summed E-state index contributed by atoms with van der Waals surface area (Å²) in [5.41, 5.74) is 0. The first-order valence-corrected chi connectivity index (χ1v) is 2.30. The summed E-state index contributed by atoms with van der Waals surface area (Å²) in [5, 5.41) is 21.8. The van der Waals surface area contributed by atoms with Gasteiger partial charge in [-0.15, -0.1) is 0 Å². The van der Waals surface area contributed by atoms with Gasteiger partial charge in [0.2, 0.25) is 0 Å². The van der Waals surface area contributed by atoms with Crippen LogP contribution in [0.5, 0.6) is 0 Å². The third kappa shape index (κ3) is 3.89. The largest absolute Gasteiger partial charge is 1.00 e. The number of carbonyl (C=O) groups excluding carboxylic acids is 2. The maximum absolute atomic E-state index is 9.81. The Bertz CT molecular complexity index is 155. The van der Waals surface area contributed by atoms with E-state index in [-0.39, 0.29) is 59.1 Å². The third-order valence-electron chi connectivity index (χ3n) is 1.09. The van der Waals surface area contributed by atoms with E-state index in [9.17, 15) is 19.8 Å². The molecule has 1 fully saturated rings. The van der Waals surface area contributed by atoms with Crippen LogP contribution in [0.2, 0.25) is 0 Å². The Morgan fingerprint density at radius 1 is 1.00 bits per heavy atom. The second-order valence-electron chi connectivity index (χ2n) is 1.76. The van der Waals surface area contributed by atoms with Crippen molar-refractivity contribution in [1.82, 2.24) is 5.32 Å². The Hall–Kier alpha value is 0.900. The molecule has 2 atom stereocenters. The Balaban J connectivity index is 0. The minimum Gasteiger partial charge on any atom is -0.548 e. The zero-order chi connectivity index (χ0) is 7.02. The van der Waals surface area contributed by atoms with Crippen molar-refractivity contribution in [2.45, 2.75) is 12.1 Å². The van der Waals surface area contributed by atoms with Crippen molar-refractivity contribution < 1.29 is 78.9 Å². The normalized spacial score (nSPS) is 25.8. The van der Waals surface area contributed by atoms with Gasteiger partial charge in [-0.25, -0.2) is 0 Å². The molecule has 1 aliphatic heterocycles. The summed E-state index contributed by atoms with van der Waals surface area (Å²) in [4.78, 5) is 19.6. The minimum absolute atomic E-state index is 0. The van der Waals surface area contributed by atoms with Crippen LogP contribution in [-0.2, 0) is 9.59 Å². The number of carbonyl (C=O) groups is 2. The van der Waals surface area contributed by atoms with Crippen molar-refractivity contribution >= 4 is 11.9 Å². The van der Waals surface area contributed by atoms with E-state index in [4.69, 9.17) is 0 Å². The average molecular weight is 175 g/mol. The topological polar surface area (TPSA) is 102 Å². The molecule has 1 aliphatic rings. The van der Waals surface area contributed by atoms with Gasteiger partial charge in [0.15, 0.2) is 0 Å². The predicted molar refractivity (Wildman–Crippen MR) is 20.7 cm³/mol. The molecule has 50 valence electrons. The standard InChI is InChI=1S/C4H5NO4.2Na/c6-3(7)1-2(5-1)4(8)9;;/h1-2,5H,(H,6,7)(H,8,9);;/q;2*+1/p-2. The number of carboxylic acids is 2. The number of hydrogen-bond donors (Lipinski definition) is 1. The first-order chi connectivity index (χ1) is 4.13. The summed E-state index contributed by atoms with van der Waals surface area (Å²) in [5.74, 6) is -2.80. The molecule has 7 heteroatoms.